The van der Waals surface area contributed by atoms with Crippen molar-refractivity contribution < 1.29 is 19.4 Å². The van der Waals surface area contributed by atoms with Crippen molar-refractivity contribution >= 4 is 5.91 Å². The Labute approximate surface area is 197 Å². The minimum atomic E-state index is -0.404. The highest BCUT2D eigenvalue weighted by Crippen LogP contribution is 2.45. The summed E-state index contributed by atoms with van der Waals surface area (Å²) in [6, 6.07) is 22.3. The molecular formula is C27H25N3O4. The molecule has 3 aromatic carbocycles. The van der Waals surface area contributed by atoms with E-state index >= 15 is 0 Å². The van der Waals surface area contributed by atoms with E-state index in [1.165, 1.54) is 0 Å². The van der Waals surface area contributed by atoms with E-state index in [1.54, 1.807) is 19.2 Å². The van der Waals surface area contributed by atoms with Crippen molar-refractivity contribution in [1.29, 1.82) is 0 Å². The van der Waals surface area contributed by atoms with Crippen LogP contribution in [0, 0.1) is 0 Å². The van der Waals surface area contributed by atoms with Crippen LogP contribution in [0.2, 0.25) is 0 Å². The summed E-state index contributed by atoms with van der Waals surface area (Å²) in [6.45, 7) is 2.68. The normalized spacial score (nSPS) is 14.8. The number of phenols is 1. The number of carbonyl (C=O) groups is 1. The molecule has 172 valence electrons. The number of rotatable bonds is 7. The zero-order chi connectivity index (χ0) is 23.7. The van der Waals surface area contributed by atoms with Crippen molar-refractivity contribution in [3.05, 3.63) is 95.2 Å². The van der Waals surface area contributed by atoms with Crippen molar-refractivity contribution in [3.8, 4) is 28.5 Å². The molecule has 0 spiro atoms. The third kappa shape index (κ3) is 3.75. The molecule has 0 saturated heterocycles. The molecule has 0 saturated carbocycles. The smallest absolute Gasteiger partial charge is 0.273 e. The number of carbonyl (C=O) groups excluding carboxylic acids is 1. The van der Waals surface area contributed by atoms with Gasteiger partial charge in [0.25, 0.3) is 5.91 Å². The predicted octanol–water partition coefficient (Wildman–Crippen LogP) is 4.94. The maximum atomic E-state index is 13.6. The van der Waals surface area contributed by atoms with E-state index in [9.17, 15) is 9.90 Å². The number of amides is 1. The van der Waals surface area contributed by atoms with Crippen LogP contribution in [-0.2, 0) is 6.54 Å². The maximum absolute atomic E-state index is 13.6. The lowest BCUT2D eigenvalue weighted by Crippen LogP contribution is -2.29. The lowest BCUT2D eigenvalue weighted by molar-refractivity contribution is 0.0730. The zero-order valence-electron chi connectivity index (χ0n) is 19.0. The highest BCUT2D eigenvalue weighted by atomic mass is 16.5. The summed E-state index contributed by atoms with van der Waals surface area (Å²) in [6.07, 6.45) is 0. The van der Waals surface area contributed by atoms with Gasteiger partial charge in [-0.2, -0.15) is 5.10 Å². The van der Waals surface area contributed by atoms with Gasteiger partial charge in [-0.15, -0.1) is 0 Å². The molecule has 5 rings (SSSR count). The number of nitrogens with zero attached hydrogens (tertiary/aromatic N) is 2. The van der Waals surface area contributed by atoms with E-state index < -0.39 is 6.04 Å². The molecule has 1 aliphatic heterocycles. The van der Waals surface area contributed by atoms with Crippen molar-refractivity contribution in [2.75, 3.05) is 13.7 Å². The zero-order valence-corrected chi connectivity index (χ0v) is 19.0. The summed E-state index contributed by atoms with van der Waals surface area (Å²) >= 11 is 0. The lowest BCUT2D eigenvalue weighted by atomic mass is 9.95. The fourth-order valence-electron chi connectivity index (χ4n) is 4.42. The van der Waals surface area contributed by atoms with Gasteiger partial charge in [-0.25, -0.2) is 0 Å². The van der Waals surface area contributed by atoms with Gasteiger partial charge in [0, 0.05) is 17.7 Å². The average molecular weight is 456 g/mol. The minimum Gasteiger partial charge on any atom is -0.504 e. The number of nitrogens with one attached hydrogen (secondary N) is 1. The largest absolute Gasteiger partial charge is 0.504 e. The summed E-state index contributed by atoms with van der Waals surface area (Å²) in [5.74, 6) is 1.08. The topological polar surface area (TPSA) is 87.7 Å². The van der Waals surface area contributed by atoms with Crippen LogP contribution in [0.1, 0.15) is 40.1 Å². The third-order valence-corrected chi connectivity index (χ3v) is 6.02. The number of aromatic amines is 1. The Balaban J connectivity index is 1.63. The Morgan fingerprint density at radius 3 is 2.53 bits per heavy atom. The van der Waals surface area contributed by atoms with Crippen LogP contribution in [0.5, 0.6) is 17.2 Å². The molecule has 1 unspecified atom stereocenters. The standard InChI is InChI=1S/C27H25N3O4/c1-3-34-22-15-19(11-14-21(22)31)26-23-24(18-7-5-4-6-8-18)28-29-25(23)27(32)30(26)16-17-9-12-20(33-2)13-10-17/h4-15,26,31H,3,16H2,1-2H3,(H,28,29). The van der Waals surface area contributed by atoms with Gasteiger partial charge in [0.1, 0.15) is 11.4 Å². The second-order valence-electron chi connectivity index (χ2n) is 8.07. The molecule has 34 heavy (non-hydrogen) atoms. The summed E-state index contributed by atoms with van der Waals surface area (Å²) in [4.78, 5) is 15.4. The molecule has 0 radical (unpaired) electrons. The van der Waals surface area contributed by atoms with Gasteiger partial charge in [0.05, 0.1) is 25.5 Å². The Morgan fingerprint density at radius 2 is 1.82 bits per heavy atom. The number of H-pyrrole nitrogens is 1. The van der Waals surface area contributed by atoms with E-state index in [0.29, 0.717) is 24.6 Å². The Morgan fingerprint density at radius 1 is 1.06 bits per heavy atom. The molecule has 0 fully saturated rings. The van der Waals surface area contributed by atoms with Crippen molar-refractivity contribution in [1.82, 2.24) is 15.1 Å². The number of phenolic OH excluding ortho intramolecular Hbond substituents is 1. The van der Waals surface area contributed by atoms with Gasteiger partial charge in [-0.1, -0.05) is 48.5 Å². The average Bonchev–Trinajstić information content (AvgIpc) is 3.41. The van der Waals surface area contributed by atoms with Gasteiger partial charge in [0.2, 0.25) is 0 Å². The second-order valence-corrected chi connectivity index (χ2v) is 8.07. The Hall–Kier alpha value is -4.26. The maximum Gasteiger partial charge on any atom is 0.273 e. The van der Waals surface area contributed by atoms with Gasteiger partial charge < -0.3 is 19.5 Å². The molecule has 2 N–H and O–H groups in total. The van der Waals surface area contributed by atoms with Crippen molar-refractivity contribution in [3.63, 3.8) is 0 Å². The van der Waals surface area contributed by atoms with Gasteiger partial charge >= 0.3 is 0 Å². The summed E-state index contributed by atoms with van der Waals surface area (Å²) < 4.78 is 10.9. The van der Waals surface area contributed by atoms with E-state index in [0.717, 1.165) is 33.7 Å². The van der Waals surface area contributed by atoms with Crippen LogP contribution in [0.3, 0.4) is 0 Å². The van der Waals surface area contributed by atoms with Crippen LogP contribution in [0.25, 0.3) is 11.3 Å². The van der Waals surface area contributed by atoms with E-state index in [4.69, 9.17) is 9.47 Å². The molecule has 4 aromatic rings. The number of fused-ring (bicyclic) bond motifs is 1. The molecule has 7 heteroatoms. The second kappa shape index (κ2) is 8.94. The predicted molar refractivity (Wildman–Crippen MR) is 128 cm³/mol. The van der Waals surface area contributed by atoms with Gasteiger partial charge in [-0.3, -0.25) is 9.89 Å². The molecule has 0 bridgehead atoms. The van der Waals surface area contributed by atoms with Crippen LogP contribution in [0.4, 0.5) is 0 Å². The van der Waals surface area contributed by atoms with Gasteiger partial charge in [0.15, 0.2) is 11.5 Å². The minimum absolute atomic E-state index is 0.0623. The van der Waals surface area contributed by atoms with E-state index in [2.05, 4.69) is 10.2 Å². The lowest BCUT2D eigenvalue weighted by Gasteiger charge is -2.27. The molecule has 1 aromatic heterocycles. The molecule has 1 atom stereocenters. The number of hydrogen-bond acceptors (Lipinski definition) is 5. The molecule has 2 heterocycles. The Bertz CT molecular complexity index is 1320. The monoisotopic (exact) mass is 455 g/mol. The molecule has 7 nitrogen and oxygen atoms in total. The van der Waals surface area contributed by atoms with Gasteiger partial charge in [-0.05, 0) is 42.3 Å². The highest BCUT2D eigenvalue weighted by molar-refractivity contribution is 6.00. The summed E-state index contributed by atoms with van der Waals surface area (Å²) in [5, 5.41) is 17.7. The first-order valence-corrected chi connectivity index (χ1v) is 11.1. The fourth-order valence-corrected chi connectivity index (χ4v) is 4.42. The van der Waals surface area contributed by atoms with Crippen LogP contribution < -0.4 is 9.47 Å². The van der Waals surface area contributed by atoms with Crippen molar-refractivity contribution in [2.45, 2.75) is 19.5 Å². The first-order chi connectivity index (χ1) is 16.6. The van der Waals surface area contributed by atoms with Crippen LogP contribution in [-0.4, -0.2) is 39.8 Å². The quantitative estimate of drug-likeness (QED) is 0.412. The van der Waals surface area contributed by atoms with E-state index in [1.807, 2.05) is 72.5 Å². The summed E-state index contributed by atoms with van der Waals surface area (Å²) in [5.41, 5.74) is 4.76. The van der Waals surface area contributed by atoms with Crippen LogP contribution >= 0.6 is 0 Å². The van der Waals surface area contributed by atoms with Crippen LogP contribution in [0.15, 0.2) is 72.8 Å². The highest BCUT2D eigenvalue weighted by Gasteiger charge is 2.42. The first-order valence-electron chi connectivity index (χ1n) is 11.1. The van der Waals surface area contributed by atoms with Crippen molar-refractivity contribution in [2.24, 2.45) is 0 Å². The fraction of sp³-hybridized carbons (Fsp3) is 0.185. The molecule has 1 amide bonds. The molecular weight excluding hydrogens is 430 g/mol. The number of benzene rings is 3. The third-order valence-electron chi connectivity index (χ3n) is 6.02. The SMILES string of the molecule is CCOc1cc(C2c3c(-c4ccccc4)n[nH]c3C(=O)N2Cc2ccc(OC)cc2)ccc1O. The van der Waals surface area contributed by atoms with E-state index in [-0.39, 0.29) is 11.7 Å². The number of aromatic hydroxyl groups is 1. The number of methoxy groups -OCH3 is 1. The number of hydrogen-bond donors (Lipinski definition) is 2. The number of aromatic nitrogens is 2. The molecule has 0 aliphatic carbocycles. The Kier molecular flexibility index (Phi) is 5.67. The first kappa shape index (κ1) is 21.6. The summed E-state index contributed by atoms with van der Waals surface area (Å²) in [7, 11) is 1.63. The number of ether oxygens (including phenoxy) is 2. The molecule has 1 aliphatic rings.